The molecule has 1 aromatic rings. The predicted molar refractivity (Wildman–Crippen MR) is 58.8 cm³/mol. The molecule has 82 valence electrons. The summed E-state index contributed by atoms with van der Waals surface area (Å²) in [5.41, 5.74) is 0. The summed E-state index contributed by atoms with van der Waals surface area (Å²) in [5, 5.41) is 0. The van der Waals surface area contributed by atoms with E-state index in [1.807, 2.05) is 19.1 Å². The number of Topliss-reactive ketones (excluding diaryl/α,β-unsaturated/α-hetero) is 1. The summed E-state index contributed by atoms with van der Waals surface area (Å²) in [6.45, 7) is 4.05. The minimum Gasteiger partial charge on any atom is -0.466 e. The molecule has 15 heavy (non-hydrogen) atoms. The molecule has 0 aromatic carbocycles. The van der Waals surface area contributed by atoms with Gasteiger partial charge in [0.15, 0.2) is 0 Å². The lowest BCUT2D eigenvalue weighted by Crippen LogP contribution is -2.23. The minimum atomic E-state index is 0.185. The van der Waals surface area contributed by atoms with Gasteiger partial charge < -0.3 is 4.42 Å². The van der Waals surface area contributed by atoms with Crippen LogP contribution in [0.3, 0.4) is 0 Å². The first-order valence-corrected chi connectivity index (χ1v) is 5.77. The Balaban J connectivity index is 2.12. The lowest BCUT2D eigenvalue weighted by molar-refractivity contribution is -0.125. The van der Waals surface area contributed by atoms with E-state index >= 15 is 0 Å². The van der Waals surface area contributed by atoms with Gasteiger partial charge in [-0.05, 0) is 31.9 Å². The van der Waals surface area contributed by atoms with Gasteiger partial charge in [-0.15, -0.1) is 0 Å². The second-order valence-corrected chi connectivity index (χ2v) is 4.56. The van der Waals surface area contributed by atoms with E-state index in [9.17, 15) is 4.79 Å². The molecule has 0 radical (unpaired) electrons. The number of rotatable bonds is 2. The Morgan fingerprint density at radius 3 is 2.80 bits per heavy atom. The summed E-state index contributed by atoms with van der Waals surface area (Å²) in [5.74, 6) is 2.74. The van der Waals surface area contributed by atoms with Crippen molar-refractivity contribution < 1.29 is 9.21 Å². The van der Waals surface area contributed by atoms with E-state index in [0.717, 1.165) is 30.8 Å². The standard InChI is InChI=1S/C13H18O2/c1-9-7-8-13(15-9)10(2)11-5-3-4-6-12(11)14/h7-8,10-11H,3-6H2,1-2H3. The molecule has 2 rings (SSSR count). The highest BCUT2D eigenvalue weighted by Crippen LogP contribution is 2.34. The number of aryl methyl sites for hydroxylation is 1. The van der Waals surface area contributed by atoms with E-state index < -0.39 is 0 Å². The third-order valence-corrected chi connectivity index (χ3v) is 3.42. The normalized spacial score (nSPS) is 24.1. The Morgan fingerprint density at radius 1 is 1.40 bits per heavy atom. The molecule has 0 saturated heterocycles. The van der Waals surface area contributed by atoms with Crippen LogP contribution in [0.5, 0.6) is 0 Å². The van der Waals surface area contributed by atoms with Gasteiger partial charge in [-0.3, -0.25) is 4.79 Å². The van der Waals surface area contributed by atoms with Crippen molar-refractivity contribution in [3.05, 3.63) is 23.7 Å². The maximum Gasteiger partial charge on any atom is 0.136 e. The van der Waals surface area contributed by atoms with Crippen molar-refractivity contribution in [2.45, 2.75) is 45.4 Å². The maximum atomic E-state index is 11.8. The van der Waals surface area contributed by atoms with E-state index in [4.69, 9.17) is 4.42 Å². The molecule has 1 aliphatic carbocycles. The smallest absolute Gasteiger partial charge is 0.136 e. The van der Waals surface area contributed by atoms with E-state index in [1.165, 1.54) is 6.42 Å². The molecule has 1 aromatic heterocycles. The van der Waals surface area contributed by atoms with Crippen LogP contribution in [0.15, 0.2) is 16.5 Å². The molecule has 0 N–H and O–H groups in total. The maximum absolute atomic E-state index is 11.8. The quantitative estimate of drug-likeness (QED) is 0.741. The van der Waals surface area contributed by atoms with Crippen LogP contribution in [0, 0.1) is 12.8 Å². The average molecular weight is 206 g/mol. The highest BCUT2D eigenvalue weighted by Gasteiger charge is 2.29. The summed E-state index contributed by atoms with van der Waals surface area (Å²) in [6, 6.07) is 3.97. The minimum absolute atomic E-state index is 0.185. The van der Waals surface area contributed by atoms with E-state index in [2.05, 4.69) is 6.92 Å². The molecule has 1 aliphatic rings. The van der Waals surface area contributed by atoms with Crippen LogP contribution in [-0.4, -0.2) is 5.78 Å². The number of hydrogen-bond donors (Lipinski definition) is 0. The van der Waals surface area contributed by atoms with Crippen LogP contribution < -0.4 is 0 Å². The molecule has 2 nitrogen and oxygen atoms in total. The van der Waals surface area contributed by atoms with Gasteiger partial charge >= 0.3 is 0 Å². The first-order chi connectivity index (χ1) is 7.18. The van der Waals surface area contributed by atoms with Gasteiger partial charge in [-0.2, -0.15) is 0 Å². The fourth-order valence-corrected chi connectivity index (χ4v) is 2.44. The summed E-state index contributed by atoms with van der Waals surface area (Å²) in [7, 11) is 0. The van der Waals surface area contributed by atoms with E-state index in [-0.39, 0.29) is 11.8 Å². The molecule has 0 bridgehead atoms. The monoisotopic (exact) mass is 206 g/mol. The Hall–Kier alpha value is -1.05. The highest BCUT2D eigenvalue weighted by atomic mass is 16.3. The van der Waals surface area contributed by atoms with Crippen molar-refractivity contribution in [1.82, 2.24) is 0 Å². The predicted octanol–water partition coefficient (Wildman–Crippen LogP) is 3.45. The molecular formula is C13H18O2. The van der Waals surface area contributed by atoms with Crippen LogP contribution >= 0.6 is 0 Å². The number of carbonyl (C=O) groups excluding carboxylic acids is 1. The second kappa shape index (κ2) is 4.21. The van der Waals surface area contributed by atoms with Crippen molar-refractivity contribution in [3.8, 4) is 0 Å². The van der Waals surface area contributed by atoms with Crippen LogP contribution in [0.2, 0.25) is 0 Å². The van der Waals surface area contributed by atoms with Crippen LogP contribution in [0.1, 0.15) is 50.0 Å². The summed E-state index contributed by atoms with van der Waals surface area (Å²) < 4.78 is 5.59. The SMILES string of the molecule is Cc1ccc(C(C)C2CCCCC2=O)o1. The third kappa shape index (κ3) is 2.14. The van der Waals surface area contributed by atoms with Crippen molar-refractivity contribution in [2.24, 2.45) is 5.92 Å². The van der Waals surface area contributed by atoms with Gasteiger partial charge in [0, 0.05) is 18.3 Å². The first-order valence-electron chi connectivity index (χ1n) is 5.77. The van der Waals surface area contributed by atoms with E-state index in [1.54, 1.807) is 0 Å². The van der Waals surface area contributed by atoms with Crippen molar-refractivity contribution in [2.75, 3.05) is 0 Å². The highest BCUT2D eigenvalue weighted by molar-refractivity contribution is 5.82. The summed E-state index contributed by atoms with van der Waals surface area (Å²) in [4.78, 5) is 11.8. The van der Waals surface area contributed by atoms with Crippen LogP contribution in [-0.2, 0) is 4.79 Å². The van der Waals surface area contributed by atoms with Crippen LogP contribution in [0.4, 0.5) is 0 Å². The molecule has 0 amide bonds. The largest absolute Gasteiger partial charge is 0.466 e. The summed E-state index contributed by atoms with van der Waals surface area (Å²) in [6.07, 6.45) is 4.04. The van der Waals surface area contributed by atoms with Gasteiger partial charge in [0.2, 0.25) is 0 Å². The Kier molecular flexibility index (Phi) is 2.94. The lowest BCUT2D eigenvalue weighted by Gasteiger charge is -2.24. The average Bonchev–Trinajstić information content (AvgIpc) is 2.65. The number of carbonyl (C=O) groups is 1. The Bertz CT molecular complexity index is 351. The van der Waals surface area contributed by atoms with Crippen molar-refractivity contribution >= 4 is 5.78 Å². The molecule has 0 spiro atoms. The molecule has 2 atom stereocenters. The topological polar surface area (TPSA) is 30.2 Å². The van der Waals surface area contributed by atoms with Gasteiger partial charge in [0.05, 0.1) is 0 Å². The molecule has 2 heteroatoms. The first kappa shape index (κ1) is 10.5. The molecular weight excluding hydrogens is 188 g/mol. The zero-order valence-electron chi connectivity index (χ0n) is 9.45. The molecule has 2 unspecified atom stereocenters. The van der Waals surface area contributed by atoms with Crippen molar-refractivity contribution in [1.29, 1.82) is 0 Å². The zero-order chi connectivity index (χ0) is 10.8. The Labute approximate surface area is 90.7 Å². The lowest BCUT2D eigenvalue weighted by atomic mass is 9.79. The summed E-state index contributed by atoms with van der Waals surface area (Å²) >= 11 is 0. The Morgan fingerprint density at radius 2 is 2.20 bits per heavy atom. The van der Waals surface area contributed by atoms with Crippen molar-refractivity contribution in [3.63, 3.8) is 0 Å². The zero-order valence-corrected chi connectivity index (χ0v) is 9.45. The molecule has 1 fully saturated rings. The molecule has 1 heterocycles. The third-order valence-electron chi connectivity index (χ3n) is 3.42. The molecule has 1 saturated carbocycles. The fraction of sp³-hybridized carbons (Fsp3) is 0.615. The number of furan rings is 1. The number of ketones is 1. The second-order valence-electron chi connectivity index (χ2n) is 4.56. The van der Waals surface area contributed by atoms with Gasteiger partial charge in [-0.1, -0.05) is 13.3 Å². The van der Waals surface area contributed by atoms with Crippen LogP contribution in [0.25, 0.3) is 0 Å². The van der Waals surface area contributed by atoms with Gasteiger partial charge in [-0.25, -0.2) is 0 Å². The number of hydrogen-bond acceptors (Lipinski definition) is 2. The van der Waals surface area contributed by atoms with E-state index in [0.29, 0.717) is 5.78 Å². The van der Waals surface area contributed by atoms with Gasteiger partial charge in [0.25, 0.3) is 0 Å². The van der Waals surface area contributed by atoms with Gasteiger partial charge in [0.1, 0.15) is 17.3 Å². The fourth-order valence-electron chi connectivity index (χ4n) is 2.44. The molecule has 0 aliphatic heterocycles.